The van der Waals surface area contributed by atoms with Gasteiger partial charge in [0.2, 0.25) is 0 Å². The monoisotopic (exact) mass is 222 g/mol. The molecule has 2 aromatic rings. The van der Waals surface area contributed by atoms with Crippen LogP contribution in [0.5, 0.6) is 0 Å². The maximum atomic E-state index is 2.32. The highest BCUT2D eigenvalue weighted by molar-refractivity contribution is 5.42. The lowest BCUT2D eigenvalue weighted by molar-refractivity contribution is 0.638. The molecule has 2 aromatic carbocycles. The Hall–Kier alpha value is -1.56. The first-order valence-electron chi connectivity index (χ1n) is 6.47. The summed E-state index contributed by atoms with van der Waals surface area (Å²) in [6, 6.07) is 21.9. The Labute approximate surface area is 103 Å². The Morgan fingerprint density at radius 3 is 2.12 bits per heavy atom. The summed E-state index contributed by atoms with van der Waals surface area (Å²) in [5.74, 6) is 0.719. The predicted octanol–water partition coefficient (Wildman–Crippen LogP) is 4.52. The lowest BCUT2D eigenvalue weighted by Gasteiger charge is -2.16. The molecule has 1 aliphatic carbocycles. The van der Waals surface area contributed by atoms with Gasteiger partial charge in [-0.1, -0.05) is 67.6 Å². The molecule has 0 heteroatoms. The third kappa shape index (κ3) is 1.68. The molecule has 0 heterocycles. The lowest BCUT2D eigenvalue weighted by atomic mass is 9.88. The summed E-state index contributed by atoms with van der Waals surface area (Å²) in [5, 5.41) is 0. The van der Waals surface area contributed by atoms with E-state index in [1.807, 2.05) is 0 Å². The molecular formula is C17H18. The lowest BCUT2D eigenvalue weighted by Crippen LogP contribution is -2.07. The van der Waals surface area contributed by atoms with Gasteiger partial charge in [-0.2, -0.15) is 0 Å². The van der Waals surface area contributed by atoms with Gasteiger partial charge in [-0.05, 0) is 29.9 Å². The van der Waals surface area contributed by atoms with Gasteiger partial charge in [0.1, 0.15) is 0 Å². The maximum absolute atomic E-state index is 2.32. The van der Waals surface area contributed by atoms with E-state index >= 15 is 0 Å². The average molecular weight is 222 g/mol. The van der Waals surface area contributed by atoms with Crippen LogP contribution >= 0.6 is 0 Å². The molecule has 0 bridgehead atoms. The first kappa shape index (κ1) is 10.6. The van der Waals surface area contributed by atoms with Crippen LogP contribution in [0.2, 0.25) is 0 Å². The third-order valence-corrected chi connectivity index (χ3v) is 4.26. The van der Waals surface area contributed by atoms with Gasteiger partial charge < -0.3 is 0 Å². The second kappa shape index (κ2) is 4.03. The zero-order valence-corrected chi connectivity index (χ0v) is 10.3. The van der Waals surface area contributed by atoms with E-state index in [0.29, 0.717) is 5.41 Å². The van der Waals surface area contributed by atoms with Crippen molar-refractivity contribution in [1.82, 2.24) is 0 Å². The first-order valence-corrected chi connectivity index (χ1v) is 6.47. The van der Waals surface area contributed by atoms with Gasteiger partial charge in [-0.25, -0.2) is 0 Å². The minimum Gasteiger partial charge on any atom is -0.0645 e. The van der Waals surface area contributed by atoms with Crippen molar-refractivity contribution in [3.63, 3.8) is 0 Å². The Kier molecular flexibility index (Phi) is 2.51. The fraction of sp³-hybridized carbons (Fsp3) is 0.294. The molecule has 0 aromatic heterocycles. The van der Waals surface area contributed by atoms with E-state index < -0.39 is 0 Å². The van der Waals surface area contributed by atoms with E-state index in [4.69, 9.17) is 0 Å². The number of benzene rings is 2. The Bertz CT molecular complexity index is 486. The number of hydrogen-bond acceptors (Lipinski definition) is 0. The van der Waals surface area contributed by atoms with E-state index in [2.05, 4.69) is 67.6 Å². The van der Waals surface area contributed by atoms with Crippen molar-refractivity contribution in [2.24, 2.45) is 0 Å². The predicted molar refractivity (Wildman–Crippen MR) is 72.2 cm³/mol. The second-order valence-corrected chi connectivity index (χ2v) is 5.04. The Balaban J connectivity index is 1.94. The third-order valence-electron chi connectivity index (χ3n) is 4.26. The zero-order valence-electron chi connectivity index (χ0n) is 10.3. The Morgan fingerprint density at radius 2 is 1.53 bits per heavy atom. The average Bonchev–Trinajstić information content (AvgIpc) is 3.17. The molecular weight excluding hydrogens is 204 g/mol. The van der Waals surface area contributed by atoms with Crippen LogP contribution in [0.3, 0.4) is 0 Å². The normalized spacial score (nSPS) is 26.8. The molecule has 2 atom stereocenters. The molecule has 0 N–H and O–H groups in total. The van der Waals surface area contributed by atoms with Crippen LogP contribution in [-0.4, -0.2) is 0 Å². The molecule has 1 aliphatic rings. The summed E-state index contributed by atoms with van der Waals surface area (Å²) in [4.78, 5) is 0. The van der Waals surface area contributed by atoms with E-state index in [-0.39, 0.29) is 0 Å². The molecule has 0 radical (unpaired) electrons. The highest BCUT2D eigenvalue weighted by Crippen LogP contribution is 2.62. The molecule has 3 rings (SSSR count). The smallest absolute Gasteiger partial charge is 0.00254 e. The quantitative estimate of drug-likeness (QED) is 0.716. The highest BCUT2D eigenvalue weighted by Gasteiger charge is 2.53. The minimum absolute atomic E-state index is 0.405. The van der Waals surface area contributed by atoms with Crippen molar-refractivity contribution in [3.8, 4) is 0 Å². The summed E-state index contributed by atoms with van der Waals surface area (Å²) < 4.78 is 0. The van der Waals surface area contributed by atoms with Crippen molar-refractivity contribution in [1.29, 1.82) is 0 Å². The number of rotatable bonds is 3. The SMILES string of the molecule is CC[C@@]1(c2ccccc2)C[C@@H]1c1ccccc1. The van der Waals surface area contributed by atoms with Crippen molar-refractivity contribution >= 4 is 0 Å². The molecule has 0 saturated heterocycles. The molecule has 17 heavy (non-hydrogen) atoms. The van der Waals surface area contributed by atoms with Crippen LogP contribution in [0, 0.1) is 0 Å². The molecule has 0 aliphatic heterocycles. The van der Waals surface area contributed by atoms with E-state index in [1.165, 1.54) is 24.0 Å². The fourth-order valence-corrected chi connectivity index (χ4v) is 3.11. The maximum Gasteiger partial charge on any atom is 0.00254 e. The van der Waals surface area contributed by atoms with Crippen LogP contribution in [0.15, 0.2) is 60.7 Å². The van der Waals surface area contributed by atoms with Gasteiger partial charge in [-0.15, -0.1) is 0 Å². The van der Waals surface area contributed by atoms with Crippen molar-refractivity contribution in [2.75, 3.05) is 0 Å². The van der Waals surface area contributed by atoms with Gasteiger partial charge in [-0.3, -0.25) is 0 Å². The fourth-order valence-electron chi connectivity index (χ4n) is 3.11. The van der Waals surface area contributed by atoms with Crippen LogP contribution in [0.4, 0.5) is 0 Å². The number of hydrogen-bond donors (Lipinski definition) is 0. The van der Waals surface area contributed by atoms with E-state index in [0.717, 1.165) is 5.92 Å². The zero-order chi connectivity index (χ0) is 11.7. The van der Waals surface area contributed by atoms with Gasteiger partial charge in [0, 0.05) is 5.41 Å². The topological polar surface area (TPSA) is 0 Å². The van der Waals surface area contributed by atoms with Gasteiger partial charge in [0.05, 0.1) is 0 Å². The van der Waals surface area contributed by atoms with Crippen molar-refractivity contribution < 1.29 is 0 Å². The van der Waals surface area contributed by atoms with Gasteiger partial charge in [0.15, 0.2) is 0 Å². The summed E-state index contributed by atoms with van der Waals surface area (Å²) in [7, 11) is 0. The molecule has 0 nitrogen and oxygen atoms in total. The van der Waals surface area contributed by atoms with Crippen LogP contribution in [-0.2, 0) is 5.41 Å². The highest BCUT2D eigenvalue weighted by atomic mass is 14.6. The van der Waals surface area contributed by atoms with Crippen molar-refractivity contribution in [2.45, 2.75) is 31.1 Å². The van der Waals surface area contributed by atoms with E-state index in [9.17, 15) is 0 Å². The van der Waals surface area contributed by atoms with E-state index in [1.54, 1.807) is 0 Å². The molecule has 86 valence electrons. The summed E-state index contributed by atoms with van der Waals surface area (Å²) in [6.07, 6.45) is 2.54. The van der Waals surface area contributed by atoms with Crippen molar-refractivity contribution in [3.05, 3.63) is 71.8 Å². The van der Waals surface area contributed by atoms with Crippen LogP contribution in [0.25, 0.3) is 0 Å². The molecule has 0 spiro atoms. The second-order valence-electron chi connectivity index (χ2n) is 5.04. The van der Waals surface area contributed by atoms with Gasteiger partial charge >= 0.3 is 0 Å². The minimum atomic E-state index is 0.405. The summed E-state index contributed by atoms with van der Waals surface area (Å²) >= 11 is 0. The largest absolute Gasteiger partial charge is 0.0645 e. The molecule has 1 fully saturated rings. The van der Waals surface area contributed by atoms with Gasteiger partial charge in [0.25, 0.3) is 0 Å². The van der Waals surface area contributed by atoms with Crippen LogP contribution < -0.4 is 0 Å². The van der Waals surface area contributed by atoms with Crippen LogP contribution in [0.1, 0.15) is 36.8 Å². The molecule has 1 saturated carbocycles. The summed E-state index contributed by atoms with van der Waals surface area (Å²) in [6.45, 7) is 2.32. The molecule has 0 unspecified atom stereocenters. The molecule has 0 amide bonds. The Morgan fingerprint density at radius 1 is 0.941 bits per heavy atom. The summed E-state index contributed by atoms with van der Waals surface area (Å²) in [5.41, 5.74) is 3.41. The first-order chi connectivity index (χ1) is 8.37. The standard InChI is InChI=1S/C17H18/c1-2-17(15-11-7-4-8-12-15)13-16(17)14-9-5-3-6-10-14/h3-12,16H,2,13H2,1H3/t16-,17+/m1/s1.